The lowest BCUT2D eigenvalue weighted by Crippen LogP contribution is -2.44. The zero-order valence-corrected chi connectivity index (χ0v) is 18.8. The number of amides is 1. The maximum Gasteiger partial charge on any atom is 0.261 e. The first-order chi connectivity index (χ1) is 16.1. The minimum absolute atomic E-state index is 0.0766. The maximum absolute atomic E-state index is 13.2. The van der Waals surface area contributed by atoms with Gasteiger partial charge in [-0.1, -0.05) is 30.3 Å². The number of likely N-dealkylation sites (tertiary alicyclic amines) is 1. The van der Waals surface area contributed by atoms with Crippen LogP contribution in [-0.2, 0) is 6.54 Å². The Morgan fingerprint density at radius 2 is 1.82 bits per heavy atom. The molecule has 168 valence electrons. The Morgan fingerprint density at radius 3 is 2.58 bits per heavy atom. The van der Waals surface area contributed by atoms with Crippen molar-refractivity contribution in [3.05, 3.63) is 83.2 Å². The second kappa shape index (κ2) is 9.64. The van der Waals surface area contributed by atoms with Gasteiger partial charge >= 0.3 is 0 Å². The number of fused-ring (bicyclic) bond motifs is 1. The second-order valence-electron chi connectivity index (χ2n) is 8.19. The fourth-order valence-corrected chi connectivity index (χ4v) is 4.97. The third-order valence-corrected chi connectivity index (χ3v) is 6.87. The molecule has 0 atom stereocenters. The summed E-state index contributed by atoms with van der Waals surface area (Å²) in [6, 6.07) is 18.5. The van der Waals surface area contributed by atoms with Crippen LogP contribution >= 0.6 is 11.3 Å². The number of nitrogens with one attached hydrogen (secondary N) is 2. The van der Waals surface area contributed by atoms with E-state index in [4.69, 9.17) is 0 Å². The third-order valence-electron chi connectivity index (χ3n) is 5.83. The quantitative estimate of drug-likeness (QED) is 0.424. The predicted molar refractivity (Wildman–Crippen MR) is 129 cm³/mol. The molecule has 3 heterocycles. The van der Waals surface area contributed by atoms with Crippen molar-refractivity contribution in [3.63, 3.8) is 0 Å². The van der Waals surface area contributed by atoms with Crippen LogP contribution < -0.4 is 10.6 Å². The SMILES string of the molecule is O=C(NC1CCN(Cc2ccccc2)CC1)c1cc2c(Nc3ccc(F)cc3)ncnc2s1. The standard InChI is InChI=1S/C25H24FN5OS/c26-18-6-8-19(9-7-18)29-23-21-14-22(33-25(21)28-16-27-23)24(32)30-20-10-12-31(13-11-20)15-17-4-2-1-3-5-17/h1-9,14,16,20H,10-13,15H2,(H,30,32)(H,27,28,29). The van der Waals surface area contributed by atoms with Gasteiger partial charge in [-0.2, -0.15) is 0 Å². The van der Waals surface area contributed by atoms with Crippen LogP contribution in [0.5, 0.6) is 0 Å². The Morgan fingerprint density at radius 1 is 1.06 bits per heavy atom. The fraction of sp³-hybridized carbons (Fsp3) is 0.240. The van der Waals surface area contributed by atoms with Gasteiger partial charge in [0.25, 0.3) is 5.91 Å². The van der Waals surface area contributed by atoms with Crippen molar-refractivity contribution in [2.24, 2.45) is 0 Å². The van der Waals surface area contributed by atoms with E-state index in [1.165, 1.54) is 35.4 Å². The largest absolute Gasteiger partial charge is 0.349 e. The zero-order valence-electron chi connectivity index (χ0n) is 18.0. The number of rotatable bonds is 6. The average Bonchev–Trinajstić information content (AvgIpc) is 3.28. The minimum atomic E-state index is -0.297. The summed E-state index contributed by atoms with van der Waals surface area (Å²) in [5, 5.41) is 7.15. The number of hydrogen-bond acceptors (Lipinski definition) is 6. The predicted octanol–water partition coefficient (Wildman–Crippen LogP) is 4.97. The molecule has 2 aromatic carbocycles. The van der Waals surface area contributed by atoms with Gasteiger partial charge < -0.3 is 10.6 Å². The molecule has 0 saturated carbocycles. The normalized spacial score (nSPS) is 14.9. The van der Waals surface area contributed by atoms with Gasteiger partial charge in [0, 0.05) is 31.4 Å². The number of aromatic nitrogens is 2. The van der Waals surface area contributed by atoms with Crippen molar-refractivity contribution < 1.29 is 9.18 Å². The van der Waals surface area contributed by atoms with Crippen LogP contribution in [-0.4, -0.2) is 39.9 Å². The number of anilines is 2. The van der Waals surface area contributed by atoms with E-state index in [1.807, 2.05) is 12.1 Å². The van der Waals surface area contributed by atoms with E-state index in [2.05, 4.69) is 49.8 Å². The van der Waals surface area contributed by atoms with Crippen molar-refractivity contribution in [1.82, 2.24) is 20.2 Å². The smallest absolute Gasteiger partial charge is 0.261 e. The fourth-order valence-electron chi connectivity index (χ4n) is 4.07. The molecule has 33 heavy (non-hydrogen) atoms. The van der Waals surface area contributed by atoms with Gasteiger partial charge in [-0.05, 0) is 48.7 Å². The third kappa shape index (κ3) is 5.18. The molecule has 1 saturated heterocycles. The van der Waals surface area contributed by atoms with Gasteiger partial charge in [0.2, 0.25) is 0 Å². The van der Waals surface area contributed by atoms with E-state index in [0.29, 0.717) is 10.7 Å². The Kier molecular flexibility index (Phi) is 6.28. The molecule has 8 heteroatoms. The number of carbonyl (C=O) groups is 1. The van der Waals surface area contributed by atoms with Crippen LogP contribution in [0.1, 0.15) is 28.1 Å². The molecule has 1 aliphatic rings. The lowest BCUT2D eigenvalue weighted by atomic mass is 10.0. The lowest BCUT2D eigenvalue weighted by Gasteiger charge is -2.32. The Bertz CT molecular complexity index is 1240. The summed E-state index contributed by atoms with van der Waals surface area (Å²) in [6.07, 6.45) is 3.33. The van der Waals surface area contributed by atoms with Crippen molar-refractivity contribution >= 4 is 39.0 Å². The number of thiophene rings is 1. The van der Waals surface area contributed by atoms with Gasteiger partial charge in [0.1, 0.15) is 22.8 Å². The Labute approximate surface area is 195 Å². The summed E-state index contributed by atoms with van der Waals surface area (Å²) in [5.74, 6) is 0.220. The first kappa shape index (κ1) is 21.5. The van der Waals surface area contributed by atoms with E-state index >= 15 is 0 Å². The Balaban J connectivity index is 1.21. The molecule has 2 N–H and O–H groups in total. The second-order valence-corrected chi connectivity index (χ2v) is 9.22. The summed E-state index contributed by atoms with van der Waals surface area (Å²) >= 11 is 1.35. The van der Waals surface area contributed by atoms with Crippen LogP contribution in [0.4, 0.5) is 15.9 Å². The monoisotopic (exact) mass is 461 g/mol. The molecular formula is C25H24FN5OS. The van der Waals surface area contributed by atoms with E-state index in [-0.39, 0.29) is 17.8 Å². The molecule has 0 bridgehead atoms. The van der Waals surface area contributed by atoms with Crippen LogP contribution in [0.25, 0.3) is 10.2 Å². The summed E-state index contributed by atoms with van der Waals surface area (Å²) in [4.78, 5) is 25.3. The molecule has 0 spiro atoms. The number of piperidine rings is 1. The summed E-state index contributed by atoms with van der Waals surface area (Å²) < 4.78 is 13.2. The highest BCUT2D eigenvalue weighted by Gasteiger charge is 2.22. The molecule has 2 aromatic heterocycles. The molecular weight excluding hydrogens is 437 g/mol. The number of halogens is 1. The summed E-state index contributed by atoms with van der Waals surface area (Å²) in [5.41, 5.74) is 2.03. The maximum atomic E-state index is 13.2. The van der Waals surface area contributed by atoms with Crippen molar-refractivity contribution in [2.45, 2.75) is 25.4 Å². The van der Waals surface area contributed by atoms with Gasteiger partial charge in [-0.25, -0.2) is 14.4 Å². The molecule has 6 nitrogen and oxygen atoms in total. The molecule has 1 amide bonds. The zero-order chi connectivity index (χ0) is 22.6. The van der Waals surface area contributed by atoms with Gasteiger partial charge in [-0.3, -0.25) is 9.69 Å². The Hall–Kier alpha value is -3.36. The van der Waals surface area contributed by atoms with Gasteiger partial charge in [-0.15, -0.1) is 11.3 Å². The van der Waals surface area contributed by atoms with E-state index in [1.54, 1.807) is 12.1 Å². The molecule has 1 fully saturated rings. The topological polar surface area (TPSA) is 70.2 Å². The number of benzene rings is 2. The number of hydrogen-bond donors (Lipinski definition) is 2. The number of carbonyl (C=O) groups excluding carboxylic acids is 1. The molecule has 4 aromatic rings. The minimum Gasteiger partial charge on any atom is -0.349 e. The first-order valence-electron chi connectivity index (χ1n) is 11.0. The summed E-state index contributed by atoms with van der Waals surface area (Å²) in [7, 11) is 0. The molecule has 5 rings (SSSR count). The van der Waals surface area contributed by atoms with Crippen LogP contribution in [0.2, 0.25) is 0 Å². The van der Waals surface area contributed by atoms with Crippen molar-refractivity contribution in [3.8, 4) is 0 Å². The highest BCUT2D eigenvalue weighted by molar-refractivity contribution is 7.20. The van der Waals surface area contributed by atoms with Crippen LogP contribution in [0.3, 0.4) is 0 Å². The molecule has 0 unspecified atom stereocenters. The van der Waals surface area contributed by atoms with Crippen LogP contribution in [0.15, 0.2) is 67.0 Å². The van der Waals surface area contributed by atoms with Crippen molar-refractivity contribution in [2.75, 3.05) is 18.4 Å². The molecule has 1 aliphatic heterocycles. The first-order valence-corrected chi connectivity index (χ1v) is 11.8. The van der Waals surface area contributed by atoms with E-state index < -0.39 is 0 Å². The number of nitrogens with zero attached hydrogens (tertiary/aromatic N) is 3. The highest BCUT2D eigenvalue weighted by Crippen LogP contribution is 2.30. The van der Waals surface area contributed by atoms with E-state index in [9.17, 15) is 9.18 Å². The van der Waals surface area contributed by atoms with Crippen molar-refractivity contribution in [1.29, 1.82) is 0 Å². The van der Waals surface area contributed by atoms with Gasteiger partial charge in [0.05, 0.1) is 10.3 Å². The summed E-state index contributed by atoms with van der Waals surface area (Å²) in [6.45, 7) is 2.87. The van der Waals surface area contributed by atoms with E-state index in [0.717, 1.165) is 48.4 Å². The lowest BCUT2D eigenvalue weighted by molar-refractivity contribution is 0.0913. The highest BCUT2D eigenvalue weighted by atomic mass is 32.1. The van der Waals surface area contributed by atoms with Crippen LogP contribution in [0, 0.1) is 5.82 Å². The van der Waals surface area contributed by atoms with Gasteiger partial charge in [0.15, 0.2) is 0 Å². The molecule has 0 radical (unpaired) electrons. The molecule has 0 aliphatic carbocycles. The average molecular weight is 462 g/mol.